The molecular weight excluding hydrogens is 346 g/mol. The third-order valence-electron chi connectivity index (χ3n) is 3.87. The summed E-state index contributed by atoms with van der Waals surface area (Å²) in [6, 6.07) is 12.2. The number of benzene rings is 1. The molecule has 3 aromatic rings. The Morgan fingerprint density at radius 1 is 1.11 bits per heavy atom. The molecule has 3 rings (SSSR count). The van der Waals surface area contributed by atoms with Crippen LogP contribution in [0.15, 0.2) is 60.6 Å². The fourth-order valence-corrected chi connectivity index (χ4v) is 2.66. The minimum absolute atomic E-state index is 0.00352. The van der Waals surface area contributed by atoms with Gasteiger partial charge in [-0.3, -0.25) is 4.79 Å². The maximum absolute atomic E-state index is 12.6. The molecule has 1 N–H and O–H groups in total. The predicted molar refractivity (Wildman–Crippen MR) is 99.5 cm³/mol. The van der Waals surface area contributed by atoms with Crippen molar-refractivity contribution in [2.24, 2.45) is 0 Å². The second-order valence-corrected chi connectivity index (χ2v) is 5.87. The highest BCUT2D eigenvalue weighted by Gasteiger charge is 2.25. The maximum Gasteiger partial charge on any atom is 0.356 e. The third-order valence-corrected chi connectivity index (χ3v) is 3.87. The van der Waals surface area contributed by atoms with Gasteiger partial charge in [0, 0.05) is 25.9 Å². The van der Waals surface area contributed by atoms with Gasteiger partial charge in [-0.15, -0.1) is 0 Å². The molecule has 0 spiro atoms. The Morgan fingerprint density at radius 2 is 1.85 bits per heavy atom. The summed E-state index contributed by atoms with van der Waals surface area (Å²) in [6.45, 7) is 0. The smallest absolute Gasteiger partial charge is 0.356 e. The van der Waals surface area contributed by atoms with Gasteiger partial charge in [-0.2, -0.15) is 5.10 Å². The van der Waals surface area contributed by atoms with E-state index in [2.05, 4.69) is 15.4 Å². The first-order valence-electron chi connectivity index (χ1n) is 8.18. The molecule has 138 valence electrons. The van der Waals surface area contributed by atoms with Gasteiger partial charge >= 0.3 is 5.97 Å². The summed E-state index contributed by atoms with van der Waals surface area (Å²) >= 11 is 0. The minimum atomic E-state index is -0.672. The van der Waals surface area contributed by atoms with Gasteiger partial charge in [-0.05, 0) is 24.3 Å². The first-order valence-corrected chi connectivity index (χ1v) is 8.18. The molecule has 0 radical (unpaired) electrons. The van der Waals surface area contributed by atoms with Crippen molar-refractivity contribution in [2.45, 2.75) is 0 Å². The highest BCUT2D eigenvalue weighted by Crippen LogP contribution is 2.21. The fourth-order valence-electron chi connectivity index (χ4n) is 2.66. The van der Waals surface area contributed by atoms with Gasteiger partial charge in [-0.1, -0.05) is 18.2 Å². The van der Waals surface area contributed by atoms with E-state index < -0.39 is 11.9 Å². The Morgan fingerprint density at radius 3 is 2.52 bits per heavy atom. The molecule has 2 aromatic heterocycles. The highest BCUT2D eigenvalue weighted by molar-refractivity contribution is 6.04. The van der Waals surface area contributed by atoms with Gasteiger partial charge < -0.3 is 15.0 Å². The molecule has 0 aliphatic rings. The zero-order chi connectivity index (χ0) is 19.4. The van der Waals surface area contributed by atoms with E-state index in [0.717, 1.165) is 0 Å². The predicted octanol–water partition coefficient (Wildman–Crippen LogP) is 1.56. The summed E-state index contributed by atoms with van der Waals surface area (Å²) in [4.78, 5) is 31.1. The van der Waals surface area contributed by atoms with Crippen LogP contribution >= 0.6 is 0 Å². The maximum atomic E-state index is 12.6. The topological polar surface area (TPSA) is 88.8 Å². The average Bonchev–Trinajstić information content (AvgIpc) is 3.11. The normalized spacial score (nSPS) is 11.7. The number of imidazole rings is 1. The number of fused-ring (bicyclic) bond motifs is 1. The zero-order valence-corrected chi connectivity index (χ0v) is 15.2. The standard InChI is InChI=1S/C19H19N5O3/c1-23(2)17(14-12-20-15-10-7-11-21-24(14)15)16(19(26)27-3)22-18(25)13-8-5-4-6-9-13/h4-12H,1-3H3,(H,22,25)/b17-16-. The zero-order valence-electron chi connectivity index (χ0n) is 15.2. The van der Waals surface area contributed by atoms with E-state index in [4.69, 9.17) is 4.74 Å². The van der Waals surface area contributed by atoms with Crippen LogP contribution in [0.2, 0.25) is 0 Å². The molecule has 0 saturated carbocycles. The number of hydrogen-bond donors (Lipinski definition) is 1. The quantitative estimate of drug-likeness (QED) is 0.545. The number of nitrogens with zero attached hydrogens (tertiary/aromatic N) is 4. The van der Waals surface area contributed by atoms with Crippen molar-refractivity contribution >= 4 is 23.2 Å². The minimum Gasteiger partial charge on any atom is -0.464 e. The van der Waals surface area contributed by atoms with Crippen LogP contribution in [-0.4, -0.2) is 52.6 Å². The van der Waals surface area contributed by atoms with E-state index in [1.165, 1.54) is 7.11 Å². The number of hydrogen-bond acceptors (Lipinski definition) is 6. The van der Waals surface area contributed by atoms with Crippen LogP contribution in [0, 0.1) is 0 Å². The Hall–Kier alpha value is -3.68. The summed E-state index contributed by atoms with van der Waals surface area (Å²) < 4.78 is 6.49. The van der Waals surface area contributed by atoms with Gasteiger partial charge in [0.1, 0.15) is 5.69 Å². The number of aromatic nitrogens is 3. The van der Waals surface area contributed by atoms with Crippen molar-refractivity contribution in [3.63, 3.8) is 0 Å². The number of carbonyl (C=O) groups is 2. The van der Waals surface area contributed by atoms with Crippen molar-refractivity contribution in [3.8, 4) is 0 Å². The Bertz CT molecular complexity index is 1010. The lowest BCUT2D eigenvalue weighted by molar-refractivity contribution is -0.136. The molecule has 0 unspecified atom stereocenters. The molecule has 1 aromatic carbocycles. The molecule has 0 aliphatic carbocycles. The lowest BCUT2D eigenvalue weighted by Crippen LogP contribution is -2.32. The Balaban J connectivity index is 2.14. The number of methoxy groups -OCH3 is 1. The second-order valence-electron chi connectivity index (χ2n) is 5.87. The first-order chi connectivity index (χ1) is 13.0. The number of ether oxygens (including phenoxy) is 1. The van der Waals surface area contributed by atoms with Gasteiger partial charge in [-0.25, -0.2) is 14.3 Å². The van der Waals surface area contributed by atoms with Crippen LogP contribution in [0.4, 0.5) is 0 Å². The molecular formula is C19H19N5O3. The molecule has 8 nitrogen and oxygen atoms in total. The lowest BCUT2D eigenvalue weighted by atomic mass is 10.2. The fraction of sp³-hybridized carbons (Fsp3) is 0.158. The van der Waals surface area contributed by atoms with Crippen LogP contribution in [0.3, 0.4) is 0 Å². The average molecular weight is 365 g/mol. The van der Waals surface area contributed by atoms with E-state index in [-0.39, 0.29) is 5.70 Å². The second kappa shape index (κ2) is 7.69. The van der Waals surface area contributed by atoms with Gasteiger partial charge in [0.15, 0.2) is 11.3 Å². The van der Waals surface area contributed by atoms with E-state index in [0.29, 0.717) is 22.6 Å². The molecule has 0 atom stereocenters. The molecule has 0 saturated heterocycles. The Labute approximate surface area is 156 Å². The molecule has 0 bridgehead atoms. The summed E-state index contributed by atoms with van der Waals surface area (Å²) in [7, 11) is 4.78. The number of rotatable bonds is 5. The summed E-state index contributed by atoms with van der Waals surface area (Å²) in [6.07, 6.45) is 3.21. The van der Waals surface area contributed by atoms with Crippen molar-refractivity contribution in [2.75, 3.05) is 21.2 Å². The van der Waals surface area contributed by atoms with Crippen molar-refractivity contribution in [1.82, 2.24) is 24.8 Å². The van der Waals surface area contributed by atoms with Gasteiger partial charge in [0.05, 0.1) is 19.0 Å². The van der Waals surface area contributed by atoms with E-state index in [1.807, 2.05) is 6.07 Å². The molecule has 2 heterocycles. The number of esters is 1. The largest absolute Gasteiger partial charge is 0.464 e. The summed E-state index contributed by atoms with van der Waals surface area (Å²) in [5, 5.41) is 6.95. The van der Waals surface area contributed by atoms with Crippen molar-refractivity contribution in [1.29, 1.82) is 0 Å². The van der Waals surface area contributed by atoms with Crippen molar-refractivity contribution < 1.29 is 14.3 Å². The van der Waals surface area contributed by atoms with E-state index in [9.17, 15) is 9.59 Å². The molecule has 1 amide bonds. The molecule has 8 heteroatoms. The first kappa shape index (κ1) is 18.1. The number of carbonyl (C=O) groups excluding carboxylic acids is 2. The molecule has 0 aliphatic heterocycles. The van der Waals surface area contributed by atoms with Crippen LogP contribution < -0.4 is 5.32 Å². The van der Waals surface area contributed by atoms with Gasteiger partial charge in [0.25, 0.3) is 5.91 Å². The number of amides is 1. The van der Waals surface area contributed by atoms with Gasteiger partial charge in [0.2, 0.25) is 0 Å². The monoisotopic (exact) mass is 365 g/mol. The van der Waals surface area contributed by atoms with Crippen molar-refractivity contribution in [3.05, 3.63) is 71.8 Å². The summed E-state index contributed by atoms with van der Waals surface area (Å²) in [5.41, 5.74) is 2.02. The third kappa shape index (κ3) is 3.64. The lowest BCUT2D eigenvalue weighted by Gasteiger charge is -2.21. The van der Waals surface area contributed by atoms with Crippen LogP contribution in [0.1, 0.15) is 16.1 Å². The molecule has 27 heavy (non-hydrogen) atoms. The van der Waals surface area contributed by atoms with Crippen LogP contribution in [-0.2, 0) is 9.53 Å². The van der Waals surface area contributed by atoms with Crippen LogP contribution in [0.5, 0.6) is 0 Å². The van der Waals surface area contributed by atoms with Crippen LogP contribution in [0.25, 0.3) is 11.3 Å². The molecule has 0 fully saturated rings. The van der Waals surface area contributed by atoms with E-state index in [1.54, 1.807) is 72.3 Å². The highest BCUT2D eigenvalue weighted by atomic mass is 16.5. The number of nitrogens with one attached hydrogen (secondary N) is 1. The van der Waals surface area contributed by atoms with E-state index >= 15 is 0 Å². The SMILES string of the molecule is COC(=O)/C(NC(=O)c1ccccc1)=C(\c1cnc2cccnn12)N(C)C. The summed E-state index contributed by atoms with van der Waals surface area (Å²) in [5.74, 6) is -1.09. The Kier molecular flexibility index (Phi) is 5.16.